The Labute approximate surface area is 123 Å². The second-order valence-corrected chi connectivity index (χ2v) is 5.76. The van der Waals surface area contributed by atoms with E-state index in [-0.39, 0.29) is 5.92 Å². The summed E-state index contributed by atoms with van der Waals surface area (Å²) in [4.78, 5) is 23.7. The lowest BCUT2D eigenvalue weighted by molar-refractivity contribution is -0.146. The first kappa shape index (κ1) is 15.2. The monoisotopic (exact) mass is 291 g/mol. The van der Waals surface area contributed by atoms with E-state index in [0.29, 0.717) is 24.2 Å². The number of urea groups is 1. The van der Waals surface area contributed by atoms with E-state index in [1.165, 1.54) is 0 Å². The van der Waals surface area contributed by atoms with Gasteiger partial charge in [0.15, 0.2) is 0 Å². The molecule has 2 amide bonds. The molecule has 1 aromatic rings. The quantitative estimate of drug-likeness (QED) is 0.642. The summed E-state index contributed by atoms with van der Waals surface area (Å²) in [6.45, 7) is 2.01. The maximum Gasteiger partial charge on any atom is 0.329 e. The lowest BCUT2D eigenvalue weighted by Crippen LogP contribution is -2.57. The normalized spacial score (nSPS) is 25.1. The molecule has 21 heavy (non-hydrogen) atoms. The lowest BCUT2D eigenvalue weighted by atomic mass is 9.76. The highest BCUT2D eigenvalue weighted by Gasteiger charge is 2.43. The van der Waals surface area contributed by atoms with Crippen LogP contribution in [0.4, 0.5) is 16.2 Å². The third kappa shape index (κ3) is 3.45. The molecule has 0 bridgehead atoms. The molecule has 1 aliphatic carbocycles. The second kappa shape index (κ2) is 6.03. The van der Waals surface area contributed by atoms with E-state index >= 15 is 0 Å². The van der Waals surface area contributed by atoms with Crippen molar-refractivity contribution in [3.63, 3.8) is 0 Å². The van der Waals surface area contributed by atoms with Crippen molar-refractivity contribution in [3.05, 3.63) is 24.3 Å². The number of nitrogens with two attached hydrogens (primary N) is 1. The number of hydrogen-bond acceptors (Lipinski definition) is 3. The van der Waals surface area contributed by atoms with Crippen LogP contribution >= 0.6 is 0 Å². The summed E-state index contributed by atoms with van der Waals surface area (Å²) in [7, 11) is 0. The van der Waals surface area contributed by atoms with Gasteiger partial charge in [0.05, 0.1) is 11.4 Å². The van der Waals surface area contributed by atoms with Crippen molar-refractivity contribution >= 4 is 23.4 Å². The minimum absolute atomic E-state index is 0.275. The summed E-state index contributed by atoms with van der Waals surface area (Å²) < 4.78 is 0. The van der Waals surface area contributed by atoms with Crippen LogP contribution in [0.3, 0.4) is 0 Å². The molecule has 0 aromatic heterocycles. The topological polar surface area (TPSA) is 104 Å². The van der Waals surface area contributed by atoms with Gasteiger partial charge in [0, 0.05) is 0 Å². The van der Waals surface area contributed by atoms with Crippen LogP contribution in [0.1, 0.15) is 32.6 Å². The molecule has 0 aliphatic heterocycles. The van der Waals surface area contributed by atoms with Gasteiger partial charge in [-0.15, -0.1) is 0 Å². The Kier molecular flexibility index (Phi) is 4.35. The van der Waals surface area contributed by atoms with E-state index in [9.17, 15) is 14.7 Å². The number of benzene rings is 1. The van der Waals surface area contributed by atoms with Gasteiger partial charge >= 0.3 is 12.0 Å². The molecule has 2 atom stereocenters. The van der Waals surface area contributed by atoms with Crippen LogP contribution in [-0.4, -0.2) is 22.6 Å². The summed E-state index contributed by atoms with van der Waals surface area (Å²) in [5.41, 5.74) is 5.48. The fourth-order valence-electron chi connectivity index (χ4n) is 2.89. The Morgan fingerprint density at radius 1 is 1.38 bits per heavy atom. The Hall–Kier alpha value is -2.24. The average Bonchev–Trinajstić information content (AvgIpc) is 2.41. The standard InChI is InChI=1S/C15H21N3O3/c1-10-5-4-8-15(9-10,13(19)20)18-14(21)17-12-7-3-2-6-11(12)16/h2-3,6-7,10H,4-5,8-9,16H2,1H3,(H,19,20)(H2,17,18,21). The van der Waals surface area contributed by atoms with Crippen LogP contribution in [-0.2, 0) is 4.79 Å². The molecule has 0 saturated heterocycles. The van der Waals surface area contributed by atoms with Crippen LogP contribution < -0.4 is 16.4 Å². The molecule has 1 aromatic carbocycles. The van der Waals surface area contributed by atoms with Crippen molar-refractivity contribution in [3.8, 4) is 0 Å². The molecule has 1 aliphatic rings. The van der Waals surface area contributed by atoms with Crippen LogP contribution in [0, 0.1) is 5.92 Å². The molecule has 0 radical (unpaired) electrons. The smallest absolute Gasteiger partial charge is 0.329 e. The Bertz CT molecular complexity index is 547. The number of carboxylic acid groups (broad SMARTS) is 1. The van der Waals surface area contributed by atoms with E-state index in [2.05, 4.69) is 10.6 Å². The minimum atomic E-state index is -1.19. The van der Waals surface area contributed by atoms with Crippen molar-refractivity contribution < 1.29 is 14.7 Å². The average molecular weight is 291 g/mol. The van der Waals surface area contributed by atoms with Gasteiger partial charge in [-0.2, -0.15) is 0 Å². The summed E-state index contributed by atoms with van der Waals surface area (Å²) in [6.07, 6.45) is 2.68. The Morgan fingerprint density at radius 2 is 2.10 bits per heavy atom. The number of carbonyl (C=O) groups is 2. The second-order valence-electron chi connectivity index (χ2n) is 5.76. The van der Waals surface area contributed by atoms with E-state index in [1.807, 2.05) is 6.92 Å². The van der Waals surface area contributed by atoms with Crippen molar-refractivity contribution in [1.82, 2.24) is 5.32 Å². The van der Waals surface area contributed by atoms with E-state index in [1.54, 1.807) is 24.3 Å². The van der Waals surface area contributed by atoms with Gasteiger partial charge in [-0.1, -0.05) is 31.9 Å². The van der Waals surface area contributed by atoms with Gasteiger partial charge in [0.25, 0.3) is 0 Å². The molecule has 5 N–H and O–H groups in total. The minimum Gasteiger partial charge on any atom is -0.480 e. The molecule has 6 heteroatoms. The Morgan fingerprint density at radius 3 is 2.71 bits per heavy atom. The van der Waals surface area contributed by atoms with Crippen LogP contribution in [0.2, 0.25) is 0 Å². The number of carbonyl (C=O) groups excluding carboxylic acids is 1. The molecule has 6 nitrogen and oxygen atoms in total. The third-order valence-electron chi connectivity index (χ3n) is 3.97. The highest BCUT2D eigenvalue weighted by Crippen LogP contribution is 2.32. The first-order chi connectivity index (χ1) is 9.93. The van der Waals surface area contributed by atoms with Crippen molar-refractivity contribution in [1.29, 1.82) is 0 Å². The maximum absolute atomic E-state index is 12.1. The first-order valence-corrected chi connectivity index (χ1v) is 7.10. The third-order valence-corrected chi connectivity index (χ3v) is 3.97. The summed E-state index contributed by atoms with van der Waals surface area (Å²) >= 11 is 0. The lowest BCUT2D eigenvalue weighted by Gasteiger charge is -2.37. The number of rotatable bonds is 3. The first-order valence-electron chi connectivity index (χ1n) is 7.10. The molecule has 0 spiro atoms. The highest BCUT2D eigenvalue weighted by molar-refractivity contribution is 5.96. The van der Waals surface area contributed by atoms with Gasteiger partial charge in [0.2, 0.25) is 0 Å². The van der Waals surface area contributed by atoms with Crippen molar-refractivity contribution in [2.45, 2.75) is 38.1 Å². The highest BCUT2D eigenvalue weighted by atomic mass is 16.4. The van der Waals surface area contributed by atoms with Gasteiger partial charge in [-0.05, 0) is 30.9 Å². The van der Waals surface area contributed by atoms with E-state index in [4.69, 9.17) is 5.73 Å². The number of anilines is 2. The maximum atomic E-state index is 12.1. The molecule has 1 fully saturated rings. The molecule has 0 heterocycles. The Balaban J connectivity index is 2.09. The van der Waals surface area contributed by atoms with Crippen molar-refractivity contribution in [2.75, 3.05) is 11.1 Å². The predicted octanol–water partition coefficient (Wildman–Crippen LogP) is 2.42. The van der Waals surface area contributed by atoms with Gasteiger partial charge < -0.3 is 21.5 Å². The van der Waals surface area contributed by atoms with E-state index < -0.39 is 17.5 Å². The number of amides is 2. The summed E-state index contributed by atoms with van der Waals surface area (Å²) in [5.74, 6) is -0.706. The molecule has 2 unspecified atom stereocenters. The number of para-hydroxylation sites is 2. The zero-order valence-corrected chi connectivity index (χ0v) is 12.1. The zero-order chi connectivity index (χ0) is 15.5. The molecule has 1 saturated carbocycles. The van der Waals surface area contributed by atoms with Gasteiger partial charge in [-0.25, -0.2) is 9.59 Å². The number of nitrogens with one attached hydrogen (secondary N) is 2. The number of carboxylic acids is 1. The zero-order valence-electron chi connectivity index (χ0n) is 12.1. The van der Waals surface area contributed by atoms with Crippen LogP contribution in [0.5, 0.6) is 0 Å². The van der Waals surface area contributed by atoms with Gasteiger partial charge in [0.1, 0.15) is 5.54 Å². The molecular formula is C15H21N3O3. The SMILES string of the molecule is CC1CCCC(NC(=O)Nc2ccccc2N)(C(=O)O)C1. The van der Waals surface area contributed by atoms with Crippen LogP contribution in [0.25, 0.3) is 0 Å². The number of hydrogen-bond donors (Lipinski definition) is 4. The predicted molar refractivity (Wildman–Crippen MR) is 81.0 cm³/mol. The summed E-state index contributed by atoms with van der Waals surface area (Å²) in [5, 5.41) is 14.8. The van der Waals surface area contributed by atoms with E-state index in [0.717, 1.165) is 12.8 Å². The summed E-state index contributed by atoms with van der Waals surface area (Å²) in [6, 6.07) is 6.32. The fraction of sp³-hybridized carbons (Fsp3) is 0.467. The molecule has 2 rings (SSSR count). The largest absolute Gasteiger partial charge is 0.480 e. The van der Waals surface area contributed by atoms with Crippen molar-refractivity contribution in [2.24, 2.45) is 5.92 Å². The van der Waals surface area contributed by atoms with Gasteiger partial charge in [-0.3, -0.25) is 0 Å². The number of nitrogen functional groups attached to an aromatic ring is 1. The molecule has 114 valence electrons. The fourth-order valence-corrected chi connectivity index (χ4v) is 2.89. The number of aliphatic carboxylic acids is 1. The molecular weight excluding hydrogens is 270 g/mol. The van der Waals surface area contributed by atoms with Crippen LogP contribution in [0.15, 0.2) is 24.3 Å².